The van der Waals surface area contributed by atoms with Gasteiger partial charge in [-0.25, -0.2) is 0 Å². The predicted molar refractivity (Wildman–Crippen MR) is 84.7 cm³/mol. The highest BCUT2D eigenvalue weighted by Crippen LogP contribution is 2.33. The maximum Gasteiger partial charge on any atom is 0.221 e. The molecular weight excluding hydrogens is 264 g/mol. The Bertz CT molecular complexity index is 626. The summed E-state index contributed by atoms with van der Waals surface area (Å²) in [7, 11) is 1.91. The first-order valence-electron chi connectivity index (χ1n) is 6.92. The van der Waals surface area contributed by atoms with Gasteiger partial charge in [-0.2, -0.15) is 0 Å². The van der Waals surface area contributed by atoms with E-state index in [9.17, 15) is 4.79 Å². The Labute approximate surface area is 125 Å². The van der Waals surface area contributed by atoms with Crippen molar-refractivity contribution in [1.82, 2.24) is 5.32 Å². The molecule has 2 rings (SSSR count). The van der Waals surface area contributed by atoms with E-state index < -0.39 is 0 Å². The molecule has 0 aromatic heterocycles. The second-order valence-corrected chi connectivity index (χ2v) is 4.83. The molecule has 21 heavy (non-hydrogen) atoms. The highest BCUT2D eigenvalue weighted by molar-refractivity contribution is 5.90. The van der Waals surface area contributed by atoms with E-state index in [2.05, 4.69) is 17.6 Å². The number of carbonyl (C=O) groups excluding carboxylic acids is 1. The topological polar surface area (TPSA) is 50.4 Å². The molecule has 1 unspecified atom stereocenters. The Morgan fingerprint density at radius 1 is 1.05 bits per heavy atom. The molecule has 4 nitrogen and oxygen atoms in total. The van der Waals surface area contributed by atoms with E-state index in [1.165, 1.54) is 6.92 Å². The third kappa shape index (κ3) is 3.83. The van der Waals surface area contributed by atoms with Crippen LogP contribution >= 0.6 is 0 Å². The Hall–Kier alpha value is -2.33. The Kier molecular flexibility index (Phi) is 4.95. The lowest BCUT2D eigenvalue weighted by atomic mass is 10.1. The largest absolute Gasteiger partial charge is 0.455 e. The summed E-state index contributed by atoms with van der Waals surface area (Å²) in [6.07, 6.45) is 0. The molecule has 0 aliphatic carbocycles. The zero-order chi connectivity index (χ0) is 15.2. The van der Waals surface area contributed by atoms with E-state index in [1.807, 2.05) is 55.6 Å². The van der Waals surface area contributed by atoms with E-state index in [-0.39, 0.29) is 11.9 Å². The van der Waals surface area contributed by atoms with E-state index in [0.717, 1.165) is 11.3 Å². The molecule has 4 heteroatoms. The third-order valence-corrected chi connectivity index (χ3v) is 3.24. The van der Waals surface area contributed by atoms with Crippen LogP contribution in [-0.2, 0) is 4.79 Å². The van der Waals surface area contributed by atoms with E-state index >= 15 is 0 Å². The van der Waals surface area contributed by atoms with Crippen LogP contribution in [0.3, 0.4) is 0 Å². The van der Waals surface area contributed by atoms with Crippen LogP contribution in [0.15, 0.2) is 48.5 Å². The summed E-state index contributed by atoms with van der Waals surface area (Å²) in [5.74, 6) is 1.28. The normalized spacial score (nSPS) is 11.8. The summed E-state index contributed by atoms with van der Waals surface area (Å²) in [4.78, 5) is 11.3. The second-order valence-electron chi connectivity index (χ2n) is 4.83. The maximum absolute atomic E-state index is 11.3. The monoisotopic (exact) mass is 284 g/mol. The number of amides is 1. The number of ether oxygens (including phenoxy) is 1. The van der Waals surface area contributed by atoms with E-state index in [4.69, 9.17) is 4.74 Å². The molecule has 2 aromatic rings. The minimum Gasteiger partial charge on any atom is -0.455 e. The van der Waals surface area contributed by atoms with Crippen LogP contribution < -0.4 is 15.4 Å². The molecule has 1 atom stereocenters. The molecule has 110 valence electrons. The number of hydrogen-bond donors (Lipinski definition) is 2. The van der Waals surface area contributed by atoms with Crippen molar-refractivity contribution >= 4 is 11.6 Å². The van der Waals surface area contributed by atoms with Gasteiger partial charge in [-0.05, 0) is 32.2 Å². The summed E-state index contributed by atoms with van der Waals surface area (Å²) in [6, 6.07) is 15.4. The van der Waals surface area contributed by atoms with Gasteiger partial charge in [-0.3, -0.25) is 4.79 Å². The first-order chi connectivity index (χ1) is 10.1. The summed E-state index contributed by atoms with van der Waals surface area (Å²) in [5, 5.41) is 5.98. The lowest BCUT2D eigenvalue weighted by Gasteiger charge is -2.17. The van der Waals surface area contributed by atoms with Crippen LogP contribution in [0.2, 0.25) is 0 Å². The van der Waals surface area contributed by atoms with Crippen LogP contribution in [0.1, 0.15) is 25.5 Å². The number of nitrogens with one attached hydrogen (secondary N) is 2. The molecule has 2 aromatic carbocycles. The van der Waals surface area contributed by atoms with Gasteiger partial charge in [-0.15, -0.1) is 0 Å². The highest BCUT2D eigenvalue weighted by Gasteiger charge is 2.12. The molecule has 0 heterocycles. The van der Waals surface area contributed by atoms with E-state index in [0.29, 0.717) is 11.4 Å². The Balaban J connectivity index is 2.33. The van der Waals surface area contributed by atoms with Gasteiger partial charge in [0.2, 0.25) is 5.91 Å². The molecule has 0 spiro atoms. The average molecular weight is 284 g/mol. The Morgan fingerprint density at radius 3 is 2.33 bits per heavy atom. The third-order valence-electron chi connectivity index (χ3n) is 3.24. The van der Waals surface area contributed by atoms with Crippen LogP contribution in [0, 0.1) is 0 Å². The standard InChI is InChI=1S/C17H20N2O2/c1-12(18-3)14-8-4-6-10-16(14)21-17-11-7-5-9-15(17)19-13(2)20/h4-12,18H,1-3H3,(H,19,20). The van der Waals surface area contributed by atoms with Crippen LogP contribution in [0.4, 0.5) is 5.69 Å². The van der Waals surface area contributed by atoms with Crippen molar-refractivity contribution in [2.45, 2.75) is 19.9 Å². The number of hydrogen-bond acceptors (Lipinski definition) is 3. The fourth-order valence-corrected chi connectivity index (χ4v) is 2.05. The minimum atomic E-state index is -0.122. The van der Waals surface area contributed by atoms with E-state index in [1.54, 1.807) is 0 Å². The minimum absolute atomic E-state index is 0.122. The number of benzene rings is 2. The fourth-order valence-electron chi connectivity index (χ4n) is 2.05. The zero-order valence-corrected chi connectivity index (χ0v) is 12.5. The first-order valence-corrected chi connectivity index (χ1v) is 6.92. The van der Waals surface area contributed by atoms with Gasteiger partial charge in [-0.1, -0.05) is 30.3 Å². The van der Waals surface area contributed by atoms with Crippen LogP contribution in [0.5, 0.6) is 11.5 Å². The van der Waals surface area contributed by atoms with Crippen molar-refractivity contribution in [3.8, 4) is 11.5 Å². The molecule has 0 saturated heterocycles. The average Bonchev–Trinajstić information content (AvgIpc) is 2.48. The number of rotatable bonds is 5. The maximum atomic E-state index is 11.3. The van der Waals surface area contributed by atoms with Gasteiger partial charge in [0.05, 0.1) is 5.69 Å². The zero-order valence-electron chi connectivity index (χ0n) is 12.5. The van der Waals surface area contributed by atoms with Crippen molar-refractivity contribution in [2.75, 3.05) is 12.4 Å². The SMILES string of the molecule is CNC(C)c1ccccc1Oc1ccccc1NC(C)=O. The lowest BCUT2D eigenvalue weighted by molar-refractivity contribution is -0.114. The van der Waals surface area contributed by atoms with Crippen molar-refractivity contribution in [3.05, 3.63) is 54.1 Å². The van der Waals surface area contributed by atoms with Crippen LogP contribution in [-0.4, -0.2) is 13.0 Å². The number of anilines is 1. The van der Waals surface area contributed by atoms with Crippen molar-refractivity contribution in [2.24, 2.45) is 0 Å². The number of para-hydroxylation sites is 3. The Morgan fingerprint density at radius 2 is 1.67 bits per heavy atom. The van der Waals surface area contributed by atoms with Gasteiger partial charge < -0.3 is 15.4 Å². The van der Waals surface area contributed by atoms with Gasteiger partial charge in [0.15, 0.2) is 5.75 Å². The van der Waals surface area contributed by atoms with Gasteiger partial charge >= 0.3 is 0 Å². The quantitative estimate of drug-likeness (QED) is 0.880. The van der Waals surface area contributed by atoms with Gasteiger partial charge in [0.1, 0.15) is 5.75 Å². The molecule has 0 saturated carbocycles. The molecular formula is C17H20N2O2. The van der Waals surface area contributed by atoms with Crippen molar-refractivity contribution in [3.63, 3.8) is 0 Å². The van der Waals surface area contributed by atoms with Crippen molar-refractivity contribution in [1.29, 1.82) is 0 Å². The molecule has 1 amide bonds. The predicted octanol–water partition coefficient (Wildman–Crippen LogP) is 3.72. The second kappa shape index (κ2) is 6.90. The fraction of sp³-hybridized carbons (Fsp3) is 0.235. The summed E-state index contributed by atoms with van der Waals surface area (Å²) in [5.41, 5.74) is 1.73. The first kappa shape index (κ1) is 15.1. The van der Waals surface area contributed by atoms with Gasteiger partial charge in [0, 0.05) is 18.5 Å². The molecule has 0 radical (unpaired) electrons. The lowest BCUT2D eigenvalue weighted by Crippen LogP contribution is -2.13. The smallest absolute Gasteiger partial charge is 0.221 e. The molecule has 2 N–H and O–H groups in total. The molecule has 0 fully saturated rings. The van der Waals surface area contributed by atoms with Crippen molar-refractivity contribution < 1.29 is 9.53 Å². The summed E-state index contributed by atoms with van der Waals surface area (Å²) < 4.78 is 6.01. The number of carbonyl (C=O) groups is 1. The highest BCUT2D eigenvalue weighted by atomic mass is 16.5. The molecule has 0 bridgehead atoms. The molecule has 0 aliphatic heterocycles. The summed E-state index contributed by atoms with van der Waals surface area (Å²) >= 11 is 0. The van der Waals surface area contributed by atoms with Crippen LogP contribution in [0.25, 0.3) is 0 Å². The summed E-state index contributed by atoms with van der Waals surface area (Å²) in [6.45, 7) is 3.55. The van der Waals surface area contributed by atoms with Gasteiger partial charge in [0.25, 0.3) is 0 Å². The molecule has 0 aliphatic rings.